The number of aliphatic hydroxyl groups excluding tert-OH is 1. The lowest BCUT2D eigenvalue weighted by Crippen LogP contribution is -2.42. The van der Waals surface area contributed by atoms with Gasteiger partial charge in [-0.2, -0.15) is 0 Å². The van der Waals surface area contributed by atoms with E-state index in [-0.39, 0.29) is 42.4 Å². The molecule has 162 valence electrons. The third-order valence-corrected chi connectivity index (χ3v) is 6.93. The second-order valence-corrected chi connectivity index (χ2v) is 9.36. The Bertz CT molecular complexity index is 666. The lowest BCUT2D eigenvalue weighted by Gasteiger charge is -2.43. The summed E-state index contributed by atoms with van der Waals surface area (Å²) in [6, 6.07) is 0. The van der Waals surface area contributed by atoms with E-state index in [0.29, 0.717) is 24.2 Å². The van der Waals surface area contributed by atoms with Crippen LogP contribution in [0.5, 0.6) is 0 Å². The fourth-order valence-corrected chi connectivity index (χ4v) is 5.07. The minimum atomic E-state index is -0.597. The molecule has 3 aliphatic rings. The molecule has 1 saturated heterocycles. The summed E-state index contributed by atoms with van der Waals surface area (Å²) >= 11 is 0. The minimum absolute atomic E-state index is 0.0854. The molecule has 5 nitrogen and oxygen atoms in total. The molecule has 5 heteroatoms. The lowest BCUT2D eigenvalue weighted by molar-refractivity contribution is -0.162. The monoisotopic (exact) mass is 404 g/mol. The van der Waals surface area contributed by atoms with Gasteiger partial charge in [0.15, 0.2) is 0 Å². The molecule has 3 rings (SSSR count). The molecule has 0 aromatic carbocycles. The second-order valence-electron chi connectivity index (χ2n) is 9.36. The van der Waals surface area contributed by atoms with Crippen molar-refractivity contribution in [3.63, 3.8) is 0 Å². The van der Waals surface area contributed by atoms with E-state index in [2.05, 4.69) is 32.1 Å². The zero-order chi connectivity index (χ0) is 21.1. The summed E-state index contributed by atoms with van der Waals surface area (Å²) in [5.41, 5.74) is 1.27. The SMILES string of the molecule is CC[C@H](C)C(=O)O[C@H]1C[C@@H](C)C=C2C=C[C@H](C)[C@H](CC[C@@H]3C[C@H](O)CC(=O)O3)[C@H]21. The molecule has 0 radical (unpaired) electrons. The third kappa shape index (κ3) is 5.30. The normalized spacial score (nSPS) is 37.9. The molecule has 0 amide bonds. The molecule has 1 aliphatic heterocycles. The highest BCUT2D eigenvalue weighted by molar-refractivity contribution is 5.72. The van der Waals surface area contributed by atoms with Crippen LogP contribution in [0, 0.1) is 29.6 Å². The van der Waals surface area contributed by atoms with Gasteiger partial charge in [-0.3, -0.25) is 9.59 Å². The van der Waals surface area contributed by atoms with Gasteiger partial charge in [-0.15, -0.1) is 0 Å². The number of hydrogen-bond acceptors (Lipinski definition) is 5. The Morgan fingerprint density at radius 2 is 2.07 bits per heavy atom. The molecule has 0 bridgehead atoms. The van der Waals surface area contributed by atoms with Gasteiger partial charge >= 0.3 is 11.9 Å². The molecule has 0 aromatic rings. The van der Waals surface area contributed by atoms with Crippen LogP contribution in [0.15, 0.2) is 23.8 Å². The maximum absolute atomic E-state index is 12.5. The maximum atomic E-state index is 12.5. The first-order chi connectivity index (χ1) is 13.8. The molecule has 29 heavy (non-hydrogen) atoms. The van der Waals surface area contributed by atoms with Gasteiger partial charge < -0.3 is 14.6 Å². The predicted molar refractivity (Wildman–Crippen MR) is 111 cm³/mol. The summed E-state index contributed by atoms with van der Waals surface area (Å²) in [5, 5.41) is 9.89. The summed E-state index contributed by atoms with van der Waals surface area (Å²) in [6.45, 7) is 8.33. The van der Waals surface area contributed by atoms with E-state index in [4.69, 9.17) is 9.47 Å². The Balaban J connectivity index is 1.74. The number of cyclic esters (lactones) is 1. The molecule has 0 unspecified atom stereocenters. The van der Waals surface area contributed by atoms with Crippen LogP contribution in [-0.2, 0) is 19.1 Å². The van der Waals surface area contributed by atoms with Crippen LogP contribution in [0.25, 0.3) is 0 Å². The van der Waals surface area contributed by atoms with Crippen molar-refractivity contribution in [3.8, 4) is 0 Å². The number of hydrogen-bond donors (Lipinski definition) is 1. The number of allylic oxidation sites excluding steroid dienone is 3. The Kier molecular flexibility index (Phi) is 7.20. The van der Waals surface area contributed by atoms with E-state index >= 15 is 0 Å². The van der Waals surface area contributed by atoms with Gasteiger partial charge in [-0.25, -0.2) is 0 Å². The molecule has 0 aromatic heterocycles. The molecule has 8 atom stereocenters. The summed E-state index contributed by atoms with van der Waals surface area (Å²) in [7, 11) is 0. The highest BCUT2D eigenvalue weighted by Crippen LogP contribution is 2.45. The highest BCUT2D eigenvalue weighted by Gasteiger charge is 2.42. The third-order valence-electron chi connectivity index (χ3n) is 6.93. The van der Waals surface area contributed by atoms with Gasteiger partial charge in [0.1, 0.15) is 12.2 Å². The minimum Gasteiger partial charge on any atom is -0.462 e. The molecule has 2 aliphatic carbocycles. The first-order valence-electron chi connectivity index (χ1n) is 11.3. The van der Waals surface area contributed by atoms with E-state index in [1.807, 2.05) is 13.8 Å². The van der Waals surface area contributed by atoms with E-state index in [0.717, 1.165) is 25.7 Å². The van der Waals surface area contributed by atoms with Crippen LogP contribution in [0.1, 0.15) is 66.2 Å². The van der Waals surface area contributed by atoms with Gasteiger partial charge in [-0.1, -0.05) is 45.9 Å². The molecule has 1 heterocycles. The van der Waals surface area contributed by atoms with Gasteiger partial charge in [0.05, 0.1) is 18.4 Å². The Labute approximate surface area is 174 Å². The predicted octanol–water partition coefficient (Wildman–Crippen LogP) is 4.20. The zero-order valence-corrected chi connectivity index (χ0v) is 18.2. The van der Waals surface area contributed by atoms with Gasteiger partial charge in [0.25, 0.3) is 0 Å². The van der Waals surface area contributed by atoms with Crippen LogP contribution in [0.3, 0.4) is 0 Å². The van der Waals surface area contributed by atoms with E-state index in [1.165, 1.54) is 5.57 Å². The highest BCUT2D eigenvalue weighted by atomic mass is 16.5. The molecule has 0 spiro atoms. The van der Waals surface area contributed by atoms with Crippen molar-refractivity contribution in [2.24, 2.45) is 29.6 Å². The first kappa shape index (κ1) is 22.1. The molecular formula is C24H36O5. The average Bonchev–Trinajstić information content (AvgIpc) is 2.65. The standard InChI is InChI=1S/C24H36O5/c1-5-15(3)24(27)29-21-11-14(2)10-17-7-6-16(4)20(23(17)21)9-8-19-12-18(25)13-22(26)28-19/h6-7,10,14-16,18-21,23,25H,5,8-9,11-13H2,1-4H3/t14-,15-,16-,18-,19+,20-,21-,23-/m0/s1. The average molecular weight is 405 g/mol. The fourth-order valence-electron chi connectivity index (χ4n) is 5.07. The number of ether oxygens (including phenoxy) is 2. The number of carbonyl (C=O) groups is 2. The number of aliphatic hydroxyl groups is 1. The topological polar surface area (TPSA) is 72.8 Å². The smallest absolute Gasteiger partial charge is 0.308 e. The Morgan fingerprint density at radius 3 is 2.76 bits per heavy atom. The summed E-state index contributed by atoms with van der Waals surface area (Å²) < 4.78 is 11.5. The summed E-state index contributed by atoms with van der Waals surface area (Å²) in [4.78, 5) is 24.2. The summed E-state index contributed by atoms with van der Waals surface area (Å²) in [6.07, 6.45) is 9.70. The van der Waals surface area contributed by atoms with Crippen molar-refractivity contribution in [2.45, 2.75) is 84.5 Å². The lowest BCUT2D eigenvalue weighted by atomic mass is 9.65. The van der Waals surface area contributed by atoms with Crippen LogP contribution >= 0.6 is 0 Å². The van der Waals surface area contributed by atoms with Crippen LogP contribution in [0.2, 0.25) is 0 Å². The largest absolute Gasteiger partial charge is 0.462 e. The van der Waals surface area contributed by atoms with Crippen LogP contribution in [-0.4, -0.2) is 35.4 Å². The van der Waals surface area contributed by atoms with Crippen molar-refractivity contribution in [1.29, 1.82) is 0 Å². The van der Waals surface area contributed by atoms with Gasteiger partial charge in [0.2, 0.25) is 0 Å². The quantitative estimate of drug-likeness (QED) is 0.672. The van der Waals surface area contributed by atoms with Crippen molar-refractivity contribution >= 4 is 11.9 Å². The van der Waals surface area contributed by atoms with Crippen LogP contribution in [0.4, 0.5) is 0 Å². The number of rotatable bonds is 6. The first-order valence-corrected chi connectivity index (χ1v) is 11.3. The van der Waals surface area contributed by atoms with Crippen molar-refractivity contribution in [2.75, 3.05) is 0 Å². The van der Waals surface area contributed by atoms with E-state index in [9.17, 15) is 14.7 Å². The van der Waals surface area contributed by atoms with E-state index in [1.54, 1.807) is 0 Å². The van der Waals surface area contributed by atoms with Crippen molar-refractivity contribution in [1.82, 2.24) is 0 Å². The van der Waals surface area contributed by atoms with Crippen LogP contribution < -0.4 is 0 Å². The molecule has 0 saturated carbocycles. The number of fused-ring (bicyclic) bond motifs is 1. The second kappa shape index (κ2) is 9.46. The summed E-state index contributed by atoms with van der Waals surface area (Å²) in [5.74, 6) is 0.755. The van der Waals surface area contributed by atoms with Gasteiger partial charge in [0, 0.05) is 12.3 Å². The zero-order valence-electron chi connectivity index (χ0n) is 18.2. The Hall–Kier alpha value is -1.62. The van der Waals surface area contributed by atoms with E-state index < -0.39 is 6.10 Å². The van der Waals surface area contributed by atoms with Crippen molar-refractivity contribution < 1.29 is 24.2 Å². The fraction of sp³-hybridized carbons (Fsp3) is 0.750. The van der Waals surface area contributed by atoms with Crippen molar-refractivity contribution in [3.05, 3.63) is 23.8 Å². The number of carbonyl (C=O) groups excluding carboxylic acids is 2. The Morgan fingerprint density at radius 1 is 1.31 bits per heavy atom. The van der Waals surface area contributed by atoms with Gasteiger partial charge in [-0.05, 0) is 49.0 Å². The molecular weight excluding hydrogens is 368 g/mol. The maximum Gasteiger partial charge on any atom is 0.308 e. The number of esters is 2. The molecule has 1 fully saturated rings. The molecule has 1 N–H and O–H groups in total.